The number of nitrogens with zero attached hydrogens (tertiary/aromatic N) is 2. The van der Waals surface area contributed by atoms with Gasteiger partial charge in [-0.2, -0.15) is 18.3 Å². The van der Waals surface area contributed by atoms with Gasteiger partial charge in [0, 0.05) is 0 Å². The van der Waals surface area contributed by atoms with Crippen molar-refractivity contribution in [2.24, 2.45) is 5.92 Å². The number of hydrogen-bond donors (Lipinski definition) is 1. The summed E-state index contributed by atoms with van der Waals surface area (Å²) in [7, 11) is 0. The Morgan fingerprint density at radius 1 is 1.30 bits per heavy atom. The van der Waals surface area contributed by atoms with Crippen molar-refractivity contribution in [2.75, 3.05) is 0 Å². The van der Waals surface area contributed by atoms with Gasteiger partial charge in [-0.15, -0.1) is 0 Å². The van der Waals surface area contributed by atoms with Crippen LogP contribution >= 0.6 is 11.6 Å². The first-order valence-electron chi connectivity index (χ1n) is 6.79. The highest BCUT2D eigenvalue weighted by atomic mass is 35.5. The molecule has 0 saturated heterocycles. The molecule has 1 aromatic carbocycles. The first kappa shape index (κ1) is 17.3. The first-order chi connectivity index (χ1) is 10.6. The van der Waals surface area contributed by atoms with Gasteiger partial charge in [0.25, 0.3) is 0 Å². The number of benzene rings is 1. The minimum Gasteiger partial charge on any atom is -0.476 e. The Morgan fingerprint density at radius 3 is 2.30 bits per heavy atom. The van der Waals surface area contributed by atoms with E-state index in [2.05, 4.69) is 5.10 Å². The van der Waals surface area contributed by atoms with Crippen LogP contribution in [0.25, 0.3) is 5.69 Å². The smallest absolute Gasteiger partial charge is 0.416 e. The third kappa shape index (κ3) is 3.67. The molecule has 0 saturated carbocycles. The largest absolute Gasteiger partial charge is 0.476 e. The lowest BCUT2D eigenvalue weighted by Gasteiger charge is -2.08. The lowest BCUT2D eigenvalue weighted by atomic mass is 10.1. The second-order valence-corrected chi connectivity index (χ2v) is 5.85. The molecule has 8 heteroatoms. The van der Waals surface area contributed by atoms with Crippen molar-refractivity contribution in [3.8, 4) is 5.69 Å². The maximum absolute atomic E-state index is 12.6. The number of carbonyl (C=O) groups is 1. The van der Waals surface area contributed by atoms with Gasteiger partial charge in [-0.3, -0.25) is 0 Å². The number of alkyl halides is 3. The lowest BCUT2D eigenvalue weighted by molar-refractivity contribution is -0.137. The van der Waals surface area contributed by atoms with Crippen molar-refractivity contribution >= 4 is 17.6 Å². The molecule has 1 aromatic heterocycles. The van der Waals surface area contributed by atoms with E-state index < -0.39 is 17.7 Å². The number of aromatic nitrogens is 2. The number of halogens is 4. The van der Waals surface area contributed by atoms with Crippen LogP contribution in [0.5, 0.6) is 0 Å². The van der Waals surface area contributed by atoms with Crippen LogP contribution < -0.4 is 0 Å². The molecular weight excluding hydrogens is 333 g/mol. The fourth-order valence-corrected chi connectivity index (χ4v) is 2.40. The van der Waals surface area contributed by atoms with Crippen LogP contribution in [-0.4, -0.2) is 20.9 Å². The van der Waals surface area contributed by atoms with E-state index in [4.69, 9.17) is 11.6 Å². The second kappa shape index (κ2) is 6.23. The summed E-state index contributed by atoms with van der Waals surface area (Å²) in [5.41, 5.74) is -0.480. The number of hydrogen-bond acceptors (Lipinski definition) is 2. The summed E-state index contributed by atoms with van der Waals surface area (Å²) in [6.45, 7) is 3.85. The summed E-state index contributed by atoms with van der Waals surface area (Å²) >= 11 is 6.08. The number of aromatic carboxylic acids is 1. The van der Waals surface area contributed by atoms with Crippen molar-refractivity contribution in [1.82, 2.24) is 9.78 Å². The molecule has 0 bridgehead atoms. The van der Waals surface area contributed by atoms with E-state index in [0.717, 1.165) is 28.9 Å². The Labute approximate surface area is 135 Å². The summed E-state index contributed by atoms with van der Waals surface area (Å²) in [6.07, 6.45) is -3.99. The van der Waals surface area contributed by atoms with Crippen LogP contribution in [-0.2, 0) is 12.6 Å². The topological polar surface area (TPSA) is 55.1 Å². The molecule has 124 valence electrons. The minimum atomic E-state index is -4.46. The number of carboxylic acid groups (broad SMARTS) is 1. The zero-order chi connectivity index (χ0) is 17.4. The van der Waals surface area contributed by atoms with E-state index in [1.807, 2.05) is 13.8 Å². The lowest BCUT2D eigenvalue weighted by Crippen LogP contribution is -2.10. The quantitative estimate of drug-likeness (QED) is 0.890. The highest BCUT2D eigenvalue weighted by molar-refractivity contribution is 6.34. The normalized spacial score (nSPS) is 12.0. The number of rotatable bonds is 4. The highest BCUT2D eigenvalue weighted by Gasteiger charge is 2.30. The molecule has 0 fully saturated rings. The fourth-order valence-electron chi connectivity index (χ4n) is 2.12. The van der Waals surface area contributed by atoms with Gasteiger partial charge in [0.2, 0.25) is 0 Å². The summed E-state index contributed by atoms with van der Waals surface area (Å²) in [4.78, 5) is 11.4. The van der Waals surface area contributed by atoms with Gasteiger partial charge in [-0.05, 0) is 36.6 Å². The van der Waals surface area contributed by atoms with Crippen molar-refractivity contribution in [1.29, 1.82) is 0 Å². The molecule has 1 heterocycles. The van der Waals surface area contributed by atoms with Crippen molar-refractivity contribution in [3.63, 3.8) is 0 Å². The monoisotopic (exact) mass is 346 g/mol. The summed E-state index contributed by atoms with van der Waals surface area (Å²) in [5, 5.41) is 13.5. The molecule has 0 atom stereocenters. The molecule has 0 aliphatic rings. The van der Waals surface area contributed by atoms with Crippen molar-refractivity contribution < 1.29 is 23.1 Å². The maximum atomic E-state index is 12.6. The van der Waals surface area contributed by atoms with Gasteiger partial charge in [-0.1, -0.05) is 25.4 Å². The molecule has 1 N–H and O–H groups in total. The first-order valence-corrected chi connectivity index (χ1v) is 7.17. The molecule has 0 amide bonds. The fraction of sp³-hybridized carbons (Fsp3) is 0.333. The third-order valence-corrected chi connectivity index (χ3v) is 3.53. The van der Waals surface area contributed by atoms with Gasteiger partial charge < -0.3 is 5.11 Å². The average Bonchev–Trinajstić information content (AvgIpc) is 2.74. The van der Waals surface area contributed by atoms with Gasteiger partial charge in [0.1, 0.15) is 0 Å². The third-order valence-electron chi connectivity index (χ3n) is 3.14. The van der Waals surface area contributed by atoms with Gasteiger partial charge >= 0.3 is 12.1 Å². The zero-order valence-electron chi connectivity index (χ0n) is 12.4. The molecule has 4 nitrogen and oxygen atoms in total. The summed E-state index contributed by atoms with van der Waals surface area (Å²) < 4.78 is 38.9. The van der Waals surface area contributed by atoms with Gasteiger partial charge in [-0.25, -0.2) is 9.48 Å². The van der Waals surface area contributed by atoms with E-state index in [1.165, 1.54) is 0 Å². The molecule has 0 spiro atoms. The van der Waals surface area contributed by atoms with Crippen LogP contribution in [0.2, 0.25) is 5.02 Å². The van der Waals surface area contributed by atoms with Crippen LogP contribution in [0.3, 0.4) is 0 Å². The van der Waals surface area contributed by atoms with E-state index in [-0.39, 0.29) is 22.3 Å². The Kier molecular flexibility index (Phi) is 4.70. The standard InChI is InChI=1S/C15H14ClF3N2O2/c1-8(2)7-11-12(16)13(14(22)23)21(20-11)10-5-3-9(4-6-10)15(17,18)19/h3-6,8H,7H2,1-2H3,(H,22,23). The van der Waals surface area contributed by atoms with E-state index in [9.17, 15) is 23.1 Å². The Bertz CT molecular complexity index is 722. The maximum Gasteiger partial charge on any atom is 0.416 e. The second-order valence-electron chi connectivity index (χ2n) is 5.47. The van der Waals surface area contributed by atoms with Gasteiger partial charge in [0.15, 0.2) is 5.69 Å². The van der Waals surface area contributed by atoms with Crippen LogP contribution in [0.4, 0.5) is 13.2 Å². The Hall–Kier alpha value is -2.02. The van der Waals surface area contributed by atoms with Gasteiger partial charge in [0.05, 0.1) is 22.0 Å². The predicted molar refractivity (Wildman–Crippen MR) is 79.1 cm³/mol. The molecular formula is C15H14ClF3N2O2. The molecule has 0 aliphatic carbocycles. The molecule has 0 radical (unpaired) electrons. The molecule has 2 aromatic rings. The number of carboxylic acids is 1. The zero-order valence-corrected chi connectivity index (χ0v) is 13.1. The Morgan fingerprint density at radius 2 is 1.87 bits per heavy atom. The van der Waals surface area contributed by atoms with Crippen molar-refractivity contribution in [2.45, 2.75) is 26.4 Å². The van der Waals surface area contributed by atoms with E-state index >= 15 is 0 Å². The molecule has 23 heavy (non-hydrogen) atoms. The summed E-state index contributed by atoms with van der Waals surface area (Å²) in [6, 6.07) is 4.08. The predicted octanol–water partition coefficient (Wildman–Crippen LogP) is 4.44. The van der Waals surface area contributed by atoms with E-state index in [1.54, 1.807) is 0 Å². The van der Waals surface area contributed by atoms with Crippen LogP contribution in [0, 0.1) is 5.92 Å². The SMILES string of the molecule is CC(C)Cc1nn(-c2ccc(C(F)(F)F)cc2)c(C(=O)O)c1Cl. The average molecular weight is 347 g/mol. The molecule has 0 unspecified atom stereocenters. The highest BCUT2D eigenvalue weighted by Crippen LogP contribution is 2.31. The molecule has 0 aliphatic heterocycles. The minimum absolute atomic E-state index is 0.00565. The van der Waals surface area contributed by atoms with Crippen LogP contribution in [0.1, 0.15) is 35.6 Å². The van der Waals surface area contributed by atoms with Crippen molar-refractivity contribution in [3.05, 3.63) is 46.2 Å². The Balaban J connectivity index is 2.52. The van der Waals surface area contributed by atoms with E-state index in [0.29, 0.717) is 12.1 Å². The molecule has 2 rings (SSSR count). The van der Waals surface area contributed by atoms with Crippen LogP contribution in [0.15, 0.2) is 24.3 Å². The summed E-state index contributed by atoms with van der Waals surface area (Å²) in [5.74, 6) is -1.09.